The second-order valence-electron chi connectivity index (χ2n) is 6.32. The molecule has 0 saturated carbocycles. The smallest absolute Gasteiger partial charge is 0.293 e. The average Bonchev–Trinajstić information content (AvgIpc) is 3.17. The molecule has 0 spiro atoms. The summed E-state index contributed by atoms with van der Waals surface area (Å²) in [5.41, 5.74) is 0.662. The van der Waals surface area contributed by atoms with Gasteiger partial charge in [0.1, 0.15) is 5.69 Å². The number of hydrogen-bond acceptors (Lipinski definition) is 7. The Morgan fingerprint density at radius 3 is 2.80 bits per heavy atom. The van der Waals surface area contributed by atoms with Gasteiger partial charge in [-0.15, -0.1) is 0 Å². The van der Waals surface area contributed by atoms with Crippen LogP contribution in [-0.4, -0.2) is 61.9 Å². The maximum Gasteiger partial charge on any atom is 0.293 e. The number of nitro groups is 1. The molecule has 0 unspecified atom stereocenters. The zero-order valence-corrected chi connectivity index (χ0v) is 14.0. The largest absolute Gasteiger partial charge is 0.381 e. The van der Waals surface area contributed by atoms with Crippen molar-refractivity contribution in [2.24, 2.45) is 5.92 Å². The second-order valence-corrected chi connectivity index (χ2v) is 6.32. The highest BCUT2D eigenvalue weighted by atomic mass is 16.6. The molecule has 0 bridgehead atoms. The molecule has 1 N–H and O–H groups in total. The highest BCUT2D eigenvalue weighted by Gasteiger charge is 2.31. The van der Waals surface area contributed by atoms with Crippen molar-refractivity contribution < 1.29 is 14.4 Å². The number of ether oxygens (including phenoxy) is 2. The van der Waals surface area contributed by atoms with E-state index in [1.807, 2.05) is 6.07 Å². The summed E-state index contributed by atoms with van der Waals surface area (Å²) in [5, 5.41) is 23.5. The topological polar surface area (TPSA) is 101 Å². The van der Waals surface area contributed by atoms with Gasteiger partial charge in [0.2, 0.25) is 0 Å². The van der Waals surface area contributed by atoms with E-state index in [-0.39, 0.29) is 17.3 Å². The molecule has 1 aromatic carbocycles. The highest BCUT2D eigenvalue weighted by Crippen LogP contribution is 2.27. The first-order valence-corrected chi connectivity index (χ1v) is 8.51. The minimum Gasteiger partial charge on any atom is -0.381 e. The van der Waals surface area contributed by atoms with Gasteiger partial charge in [0.25, 0.3) is 5.69 Å². The minimum atomic E-state index is -0.453. The first kappa shape index (κ1) is 17.6. The predicted octanol–water partition coefficient (Wildman–Crippen LogP) is 1.62. The predicted molar refractivity (Wildman–Crippen MR) is 91.4 cm³/mol. The Morgan fingerprint density at radius 2 is 2.16 bits per heavy atom. The van der Waals surface area contributed by atoms with E-state index < -0.39 is 4.92 Å². The van der Waals surface area contributed by atoms with Crippen molar-refractivity contribution in [2.45, 2.75) is 12.5 Å². The summed E-state index contributed by atoms with van der Waals surface area (Å²) >= 11 is 0. The lowest BCUT2D eigenvalue weighted by Crippen LogP contribution is -2.50. The van der Waals surface area contributed by atoms with Crippen LogP contribution in [-0.2, 0) is 9.47 Å². The normalized spacial score (nSPS) is 22.3. The van der Waals surface area contributed by atoms with Crippen LogP contribution in [0.25, 0.3) is 0 Å². The summed E-state index contributed by atoms with van der Waals surface area (Å²) in [7, 11) is 0. The Balaban J connectivity index is 1.74. The van der Waals surface area contributed by atoms with Gasteiger partial charge in [-0.3, -0.25) is 15.0 Å². The van der Waals surface area contributed by atoms with Gasteiger partial charge in [-0.1, -0.05) is 0 Å². The molecular formula is C17H22N4O4. The third-order valence-corrected chi connectivity index (χ3v) is 4.85. The van der Waals surface area contributed by atoms with E-state index in [1.165, 1.54) is 6.07 Å². The highest BCUT2D eigenvalue weighted by molar-refractivity contribution is 5.64. The fourth-order valence-corrected chi connectivity index (χ4v) is 3.48. The number of anilines is 1. The molecule has 3 rings (SSSR count). The van der Waals surface area contributed by atoms with Gasteiger partial charge in [-0.2, -0.15) is 5.26 Å². The van der Waals surface area contributed by atoms with Crippen molar-refractivity contribution in [3.8, 4) is 6.07 Å². The monoisotopic (exact) mass is 346 g/mol. The van der Waals surface area contributed by atoms with Gasteiger partial charge < -0.3 is 14.8 Å². The van der Waals surface area contributed by atoms with E-state index >= 15 is 0 Å². The summed E-state index contributed by atoms with van der Waals surface area (Å²) in [6.45, 7) is 5.22. The van der Waals surface area contributed by atoms with E-state index in [4.69, 9.17) is 14.7 Å². The van der Waals surface area contributed by atoms with Crippen molar-refractivity contribution in [2.75, 3.05) is 51.4 Å². The van der Waals surface area contributed by atoms with Gasteiger partial charge >= 0.3 is 0 Å². The first-order chi connectivity index (χ1) is 12.2. The van der Waals surface area contributed by atoms with Gasteiger partial charge in [0.05, 0.1) is 36.4 Å². The van der Waals surface area contributed by atoms with Gasteiger partial charge in [0.15, 0.2) is 0 Å². The average molecular weight is 346 g/mol. The summed E-state index contributed by atoms with van der Waals surface area (Å²) < 4.78 is 11.0. The minimum absolute atomic E-state index is 0.0672. The molecule has 2 aliphatic rings. The molecule has 2 fully saturated rings. The quantitative estimate of drug-likeness (QED) is 0.617. The Labute approximate surface area is 146 Å². The number of nitro benzene ring substituents is 1. The lowest BCUT2D eigenvalue weighted by Gasteiger charge is -2.37. The van der Waals surface area contributed by atoms with Gasteiger partial charge in [0, 0.05) is 44.3 Å². The second kappa shape index (κ2) is 8.25. The first-order valence-electron chi connectivity index (χ1n) is 8.51. The fourth-order valence-electron chi connectivity index (χ4n) is 3.48. The molecule has 1 aromatic rings. The third-order valence-electron chi connectivity index (χ3n) is 4.85. The van der Waals surface area contributed by atoms with Crippen molar-refractivity contribution in [1.82, 2.24) is 4.90 Å². The van der Waals surface area contributed by atoms with E-state index in [0.717, 1.165) is 32.7 Å². The van der Waals surface area contributed by atoms with Gasteiger partial charge in [-0.25, -0.2) is 0 Å². The van der Waals surface area contributed by atoms with Crippen LogP contribution in [0.15, 0.2) is 18.2 Å². The number of rotatable bonds is 6. The van der Waals surface area contributed by atoms with Crippen LogP contribution in [0.4, 0.5) is 11.4 Å². The molecule has 2 heterocycles. The fraction of sp³-hybridized carbons (Fsp3) is 0.588. The molecule has 25 heavy (non-hydrogen) atoms. The lowest BCUT2D eigenvalue weighted by molar-refractivity contribution is -0.384. The molecule has 2 saturated heterocycles. The molecule has 2 aliphatic heterocycles. The van der Waals surface area contributed by atoms with Crippen molar-refractivity contribution in [3.05, 3.63) is 33.9 Å². The van der Waals surface area contributed by atoms with E-state index in [1.54, 1.807) is 12.1 Å². The Bertz CT molecular complexity index is 649. The van der Waals surface area contributed by atoms with Crippen molar-refractivity contribution in [1.29, 1.82) is 5.26 Å². The molecule has 8 heteroatoms. The number of nitriles is 1. The molecule has 134 valence electrons. The summed E-state index contributed by atoms with van der Waals surface area (Å²) in [6, 6.07) is 6.69. The maximum atomic E-state index is 11.3. The molecule has 2 atom stereocenters. The van der Waals surface area contributed by atoms with E-state index in [9.17, 15) is 10.1 Å². The zero-order chi connectivity index (χ0) is 17.6. The summed E-state index contributed by atoms with van der Waals surface area (Å²) in [4.78, 5) is 13.2. The van der Waals surface area contributed by atoms with Gasteiger partial charge in [-0.05, 0) is 18.6 Å². The van der Waals surface area contributed by atoms with Crippen LogP contribution in [0.3, 0.4) is 0 Å². The Morgan fingerprint density at radius 1 is 1.36 bits per heavy atom. The molecule has 0 aliphatic carbocycles. The van der Waals surface area contributed by atoms with E-state index in [0.29, 0.717) is 31.4 Å². The molecule has 0 radical (unpaired) electrons. The maximum absolute atomic E-state index is 11.3. The van der Waals surface area contributed by atoms with Crippen LogP contribution >= 0.6 is 0 Å². The molecule has 0 aromatic heterocycles. The van der Waals surface area contributed by atoms with Crippen LogP contribution in [0.5, 0.6) is 0 Å². The summed E-state index contributed by atoms with van der Waals surface area (Å²) in [5.74, 6) is 0.406. The zero-order valence-electron chi connectivity index (χ0n) is 14.0. The Hall–Kier alpha value is -2.21. The number of hydrogen-bond donors (Lipinski definition) is 1. The molecule has 8 nitrogen and oxygen atoms in total. The third kappa shape index (κ3) is 4.25. The SMILES string of the molecule is N#Cc1ccc(NC[C@@H]([C@@H]2CCOC2)N2CCOCC2)c([N+](=O)[O-])c1. The number of morpholine rings is 1. The van der Waals surface area contributed by atoms with Crippen LogP contribution in [0, 0.1) is 27.4 Å². The molecular weight excluding hydrogens is 324 g/mol. The molecule has 0 amide bonds. The number of benzene rings is 1. The van der Waals surface area contributed by atoms with Crippen LogP contribution < -0.4 is 5.32 Å². The van der Waals surface area contributed by atoms with Crippen molar-refractivity contribution >= 4 is 11.4 Å². The van der Waals surface area contributed by atoms with Crippen LogP contribution in [0.1, 0.15) is 12.0 Å². The number of nitrogens with one attached hydrogen (secondary N) is 1. The van der Waals surface area contributed by atoms with Crippen LogP contribution in [0.2, 0.25) is 0 Å². The van der Waals surface area contributed by atoms with Crippen molar-refractivity contribution in [3.63, 3.8) is 0 Å². The standard InChI is InChI=1S/C17H22N4O4/c18-10-13-1-2-15(16(9-13)21(22)23)19-11-17(14-3-6-25-12-14)20-4-7-24-8-5-20/h1-2,9,14,17,19H,3-8,11-12H2/t14-,17+/m1/s1. The Kier molecular flexibility index (Phi) is 5.81. The summed E-state index contributed by atoms with van der Waals surface area (Å²) in [6.07, 6.45) is 0.999. The van der Waals surface area contributed by atoms with E-state index in [2.05, 4.69) is 10.2 Å². The number of nitrogens with zero attached hydrogens (tertiary/aromatic N) is 3. The lowest BCUT2D eigenvalue weighted by atomic mass is 9.96.